The third-order valence-electron chi connectivity index (χ3n) is 5.22. The average Bonchev–Trinajstić information content (AvgIpc) is 3.18. The Balaban J connectivity index is 1.47. The van der Waals surface area contributed by atoms with E-state index in [0.717, 1.165) is 5.39 Å². The molecule has 4 amide bonds. The van der Waals surface area contributed by atoms with Crippen LogP contribution in [0.3, 0.4) is 0 Å². The first-order valence-electron chi connectivity index (χ1n) is 8.89. The molecule has 4 rings (SSSR count). The first-order chi connectivity index (χ1) is 13.0. The molecular formula is C18H21N5O4. The topological polar surface area (TPSA) is 96.8 Å². The fourth-order valence-electron chi connectivity index (χ4n) is 3.87. The summed E-state index contributed by atoms with van der Waals surface area (Å²) in [5.41, 5.74) is 1.27. The Morgan fingerprint density at radius 1 is 1.26 bits per heavy atom. The van der Waals surface area contributed by atoms with Gasteiger partial charge in [0.15, 0.2) is 0 Å². The zero-order valence-corrected chi connectivity index (χ0v) is 15.3. The minimum Gasteiger partial charge on any atom is -0.481 e. The van der Waals surface area contributed by atoms with Crippen molar-refractivity contribution in [3.63, 3.8) is 0 Å². The molecule has 142 valence electrons. The summed E-state index contributed by atoms with van der Waals surface area (Å²) in [6.07, 6.45) is 1.18. The van der Waals surface area contributed by atoms with Crippen molar-refractivity contribution in [3.05, 3.63) is 23.8 Å². The smallest absolute Gasteiger partial charge is 0.324 e. The number of nitrogens with one attached hydrogen (secondary N) is 1. The van der Waals surface area contributed by atoms with Crippen LogP contribution in [0.5, 0.6) is 5.88 Å². The molecular weight excluding hydrogens is 350 g/mol. The van der Waals surface area contributed by atoms with E-state index in [1.807, 2.05) is 6.07 Å². The van der Waals surface area contributed by atoms with Crippen molar-refractivity contribution >= 4 is 28.7 Å². The highest BCUT2D eigenvalue weighted by Gasteiger charge is 2.37. The predicted octanol–water partition coefficient (Wildman–Crippen LogP) is 0.738. The summed E-state index contributed by atoms with van der Waals surface area (Å²) in [6.45, 7) is 1.07. The van der Waals surface area contributed by atoms with Gasteiger partial charge < -0.3 is 15.0 Å². The maximum Gasteiger partial charge on any atom is 0.324 e. The fraction of sp³-hybridized carbons (Fsp3) is 0.444. The standard InChI is InChI=1S/C18H21N5O4/c1-21-17(27-2)13-4-3-11(9-14(13)20-21)16(25)22-7-5-12(6-8-22)23-15(24)10-19-18(23)26/h3-4,9,12H,5-8,10H2,1-2H3,(H,19,26). The molecule has 0 bridgehead atoms. The number of hydrogen-bond donors (Lipinski definition) is 1. The van der Waals surface area contributed by atoms with Crippen LogP contribution in [-0.2, 0) is 11.8 Å². The van der Waals surface area contributed by atoms with E-state index in [1.165, 1.54) is 4.90 Å². The third-order valence-corrected chi connectivity index (χ3v) is 5.22. The Hall–Kier alpha value is -3.10. The minimum atomic E-state index is -0.334. The van der Waals surface area contributed by atoms with Crippen molar-refractivity contribution in [3.8, 4) is 5.88 Å². The molecule has 1 N–H and O–H groups in total. The number of likely N-dealkylation sites (tertiary alicyclic amines) is 1. The van der Waals surface area contributed by atoms with Crippen LogP contribution in [0.2, 0.25) is 0 Å². The predicted molar refractivity (Wildman–Crippen MR) is 96.4 cm³/mol. The van der Waals surface area contributed by atoms with Crippen LogP contribution in [0.25, 0.3) is 10.9 Å². The van der Waals surface area contributed by atoms with E-state index in [0.29, 0.717) is 42.9 Å². The van der Waals surface area contributed by atoms with Crippen molar-refractivity contribution < 1.29 is 19.1 Å². The Kier molecular flexibility index (Phi) is 4.21. The highest BCUT2D eigenvalue weighted by atomic mass is 16.5. The molecule has 9 nitrogen and oxygen atoms in total. The van der Waals surface area contributed by atoms with Crippen LogP contribution in [0.15, 0.2) is 18.2 Å². The number of benzene rings is 1. The van der Waals surface area contributed by atoms with Gasteiger partial charge in [0.1, 0.15) is 0 Å². The van der Waals surface area contributed by atoms with Gasteiger partial charge in [-0.3, -0.25) is 14.5 Å². The molecule has 0 radical (unpaired) electrons. The highest BCUT2D eigenvalue weighted by Crippen LogP contribution is 2.26. The number of methoxy groups -OCH3 is 1. The molecule has 2 fully saturated rings. The molecule has 2 aliphatic rings. The molecule has 1 aromatic carbocycles. The van der Waals surface area contributed by atoms with Crippen molar-refractivity contribution in [1.29, 1.82) is 0 Å². The maximum atomic E-state index is 12.9. The SMILES string of the molecule is COc1c2ccc(C(=O)N3CCC(N4C(=O)CNC4=O)CC3)cc2nn1C. The molecule has 0 saturated carbocycles. The Labute approximate surface area is 155 Å². The minimum absolute atomic E-state index is 0.0610. The molecule has 0 aliphatic carbocycles. The summed E-state index contributed by atoms with van der Waals surface area (Å²) in [4.78, 5) is 39.6. The number of carbonyl (C=O) groups excluding carboxylic acids is 3. The molecule has 0 spiro atoms. The molecule has 3 heterocycles. The van der Waals surface area contributed by atoms with E-state index in [-0.39, 0.29) is 30.4 Å². The molecule has 0 unspecified atom stereocenters. The molecule has 0 atom stereocenters. The van der Waals surface area contributed by atoms with E-state index < -0.39 is 0 Å². The molecule has 1 aromatic heterocycles. The number of nitrogens with zero attached hydrogens (tertiary/aromatic N) is 4. The second-order valence-corrected chi connectivity index (χ2v) is 6.81. The highest BCUT2D eigenvalue weighted by molar-refractivity contribution is 6.02. The van der Waals surface area contributed by atoms with Crippen molar-refractivity contribution in [1.82, 2.24) is 24.9 Å². The van der Waals surface area contributed by atoms with Crippen LogP contribution in [0.1, 0.15) is 23.2 Å². The second kappa shape index (κ2) is 6.57. The summed E-state index contributed by atoms with van der Waals surface area (Å²) in [5, 5.41) is 7.78. The number of piperidine rings is 1. The number of rotatable bonds is 3. The van der Waals surface area contributed by atoms with Crippen molar-refractivity contribution in [2.24, 2.45) is 7.05 Å². The lowest BCUT2D eigenvalue weighted by molar-refractivity contribution is -0.127. The normalized spacial score (nSPS) is 18.3. The Morgan fingerprint density at radius 3 is 2.63 bits per heavy atom. The van der Waals surface area contributed by atoms with Gasteiger partial charge in [-0.05, 0) is 31.0 Å². The number of ether oxygens (including phenoxy) is 1. The van der Waals surface area contributed by atoms with Crippen LogP contribution in [-0.4, -0.2) is 70.2 Å². The number of aromatic nitrogens is 2. The summed E-state index contributed by atoms with van der Waals surface area (Å²) >= 11 is 0. The van der Waals surface area contributed by atoms with Gasteiger partial charge in [0.05, 0.1) is 24.6 Å². The van der Waals surface area contributed by atoms with E-state index in [9.17, 15) is 14.4 Å². The third kappa shape index (κ3) is 2.88. The van der Waals surface area contributed by atoms with E-state index >= 15 is 0 Å². The number of aryl methyl sites for hydroxylation is 1. The van der Waals surface area contributed by atoms with Crippen LogP contribution >= 0.6 is 0 Å². The van der Waals surface area contributed by atoms with Crippen LogP contribution < -0.4 is 10.1 Å². The van der Waals surface area contributed by atoms with Crippen molar-refractivity contribution in [2.45, 2.75) is 18.9 Å². The second-order valence-electron chi connectivity index (χ2n) is 6.81. The van der Waals surface area contributed by atoms with Gasteiger partial charge in [0.2, 0.25) is 11.8 Å². The van der Waals surface area contributed by atoms with Crippen LogP contribution in [0.4, 0.5) is 4.79 Å². The number of carbonyl (C=O) groups is 3. The van der Waals surface area contributed by atoms with Gasteiger partial charge in [-0.1, -0.05) is 0 Å². The average molecular weight is 371 g/mol. The zero-order chi connectivity index (χ0) is 19.1. The Bertz CT molecular complexity index is 913. The molecule has 9 heteroatoms. The molecule has 2 aromatic rings. The fourth-order valence-corrected chi connectivity index (χ4v) is 3.87. The summed E-state index contributed by atoms with van der Waals surface area (Å²) in [7, 11) is 3.38. The molecule has 27 heavy (non-hydrogen) atoms. The van der Waals surface area contributed by atoms with E-state index in [1.54, 1.807) is 35.9 Å². The van der Waals surface area contributed by atoms with Gasteiger partial charge in [0, 0.05) is 31.7 Å². The van der Waals surface area contributed by atoms with Crippen LogP contribution in [0, 0.1) is 0 Å². The molecule has 2 saturated heterocycles. The van der Waals surface area contributed by atoms with Gasteiger partial charge in [-0.15, -0.1) is 0 Å². The monoisotopic (exact) mass is 371 g/mol. The zero-order valence-electron chi connectivity index (χ0n) is 15.3. The number of imide groups is 1. The Morgan fingerprint density at radius 2 is 2.00 bits per heavy atom. The van der Waals surface area contributed by atoms with Gasteiger partial charge in [-0.2, -0.15) is 5.10 Å². The van der Waals surface area contributed by atoms with Gasteiger partial charge in [-0.25, -0.2) is 9.48 Å². The van der Waals surface area contributed by atoms with Crippen molar-refractivity contribution in [2.75, 3.05) is 26.7 Å². The van der Waals surface area contributed by atoms with Gasteiger partial charge >= 0.3 is 6.03 Å². The first kappa shape index (κ1) is 17.3. The molecule has 2 aliphatic heterocycles. The lowest BCUT2D eigenvalue weighted by Gasteiger charge is -2.35. The quantitative estimate of drug-likeness (QED) is 0.803. The summed E-state index contributed by atoms with van der Waals surface area (Å²) in [5.74, 6) is 0.384. The number of urea groups is 1. The van der Waals surface area contributed by atoms with E-state index in [2.05, 4.69) is 10.4 Å². The summed E-state index contributed by atoms with van der Waals surface area (Å²) < 4.78 is 6.97. The number of fused-ring (bicyclic) bond motifs is 1. The maximum absolute atomic E-state index is 12.9. The van der Waals surface area contributed by atoms with E-state index in [4.69, 9.17) is 4.74 Å². The lowest BCUT2D eigenvalue weighted by Crippen LogP contribution is -2.49. The largest absolute Gasteiger partial charge is 0.481 e. The van der Waals surface area contributed by atoms with Gasteiger partial charge in [0.25, 0.3) is 5.91 Å². The lowest BCUT2D eigenvalue weighted by atomic mass is 10.0. The first-order valence-corrected chi connectivity index (χ1v) is 8.89. The number of amides is 4. The number of hydrogen-bond acceptors (Lipinski definition) is 5. The summed E-state index contributed by atoms with van der Waals surface area (Å²) in [6, 6.07) is 4.90.